The normalized spacial score (nSPS) is 21.0. The maximum atomic E-state index is 13.0. The Morgan fingerprint density at radius 3 is 2.41 bits per heavy atom. The SMILES string of the molecule is Cc1noc(-c2ccc(S(=O)(=O)N3CCN(C4CCOCC4)CC3)o2)c1C. The van der Waals surface area contributed by atoms with Gasteiger partial charge in [0.1, 0.15) is 0 Å². The summed E-state index contributed by atoms with van der Waals surface area (Å²) in [5.41, 5.74) is 1.61. The second-order valence-corrected chi connectivity index (χ2v) is 8.99. The van der Waals surface area contributed by atoms with Crippen molar-refractivity contribution in [3.8, 4) is 11.5 Å². The van der Waals surface area contributed by atoms with Crippen LogP contribution < -0.4 is 0 Å². The van der Waals surface area contributed by atoms with Crippen molar-refractivity contribution < 1.29 is 22.1 Å². The van der Waals surface area contributed by atoms with E-state index in [1.807, 2.05) is 13.8 Å². The number of furan rings is 1. The van der Waals surface area contributed by atoms with Gasteiger partial charge in [-0.25, -0.2) is 8.42 Å². The van der Waals surface area contributed by atoms with Crippen molar-refractivity contribution >= 4 is 10.0 Å². The third-order valence-electron chi connectivity index (χ3n) is 5.54. The number of aryl methyl sites for hydroxylation is 1. The predicted octanol–water partition coefficient (Wildman–Crippen LogP) is 2.04. The third kappa shape index (κ3) is 3.56. The van der Waals surface area contributed by atoms with Crippen LogP contribution in [0.1, 0.15) is 24.1 Å². The van der Waals surface area contributed by atoms with Crippen LogP contribution in [-0.2, 0) is 14.8 Å². The Kier molecular flexibility index (Phi) is 5.11. The van der Waals surface area contributed by atoms with E-state index in [2.05, 4.69) is 10.1 Å². The molecule has 0 N–H and O–H groups in total. The van der Waals surface area contributed by atoms with Gasteiger partial charge in [-0.05, 0) is 38.8 Å². The molecular formula is C18H25N3O5S. The van der Waals surface area contributed by atoms with Crippen molar-refractivity contribution in [1.29, 1.82) is 0 Å². The van der Waals surface area contributed by atoms with Gasteiger partial charge in [0.25, 0.3) is 10.0 Å². The fraction of sp³-hybridized carbons (Fsp3) is 0.611. The number of ether oxygens (including phenoxy) is 1. The molecule has 2 aliphatic heterocycles. The van der Waals surface area contributed by atoms with E-state index in [9.17, 15) is 8.42 Å². The summed E-state index contributed by atoms with van der Waals surface area (Å²) < 4.78 is 43.7. The molecule has 2 aromatic rings. The number of aromatic nitrogens is 1. The summed E-state index contributed by atoms with van der Waals surface area (Å²) in [6, 6.07) is 3.61. The van der Waals surface area contributed by atoms with Gasteiger partial charge in [0, 0.05) is 51.0 Å². The second kappa shape index (κ2) is 7.38. The average Bonchev–Trinajstić information content (AvgIpc) is 3.31. The van der Waals surface area contributed by atoms with E-state index in [-0.39, 0.29) is 5.09 Å². The number of hydrogen-bond acceptors (Lipinski definition) is 7. The Bertz CT molecular complexity index is 890. The van der Waals surface area contributed by atoms with Gasteiger partial charge in [-0.3, -0.25) is 4.90 Å². The summed E-state index contributed by atoms with van der Waals surface area (Å²) in [5.74, 6) is 0.853. The molecule has 2 aromatic heterocycles. The van der Waals surface area contributed by atoms with Crippen LogP contribution in [0.4, 0.5) is 0 Å². The lowest BCUT2D eigenvalue weighted by Gasteiger charge is -2.39. The van der Waals surface area contributed by atoms with Crippen molar-refractivity contribution in [2.45, 2.75) is 37.8 Å². The Morgan fingerprint density at radius 1 is 1.07 bits per heavy atom. The van der Waals surface area contributed by atoms with Crippen LogP contribution in [0.15, 0.2) is 26.2 Å². The quantitative estimate of drug-likeness (QED) is 0.782. The first-order valence-electron chi connectivity index (χ1n) is 9.32. The molecule has 27 heavy (non-hydrogen) atoms. The van der Waals surface area contributed by atoms with E-state index in [4.69, 9.17) is 13.7 Å². The lowest BCUT2D eigenvalue weighted by Crippen LogP contribution is -2.52. The molecule has 0 aromatic carbocycles. The smallest absolute Gasteiger partial charge is 0.276 e. The number of nitrogens with zero attached hydrogens (tertiary/aromatic N) is 3. The number of piperazine rings is 1. The summed E-state index contributed by atoms with van der Waals surface area (Å²) in [4.78, 5) is 2.38. The van der Waals surface area contributed by atoms with Gasteiger partial charge < -0.3 is 13.7 Å². The first-order chi connectivity index (χ1) is 13.0. The highest BCUT2D eigenvalue weighted by Crippen LogP contribution is 2.30. The van der Waals surface area contributed by atoms with Gasteiger partial charge >= 0.3 is 0 Å². The number of rotatable bonds is 4. The van der Waals surface area contributed by atoms with Crippen molar-refractivity contribution in [2.24, 2.45) is 0 Å². The Labute approximate surface area is 159 Å². The summed E-state index contributed by atoms with van der Waals surface area (Å²) in [6.45, 7) is 7.69. The fourth-order valence-corrected chi connectivity index (χ4v) is 5.05. The molecule has 9 heteroatoms. The molecule has 0 spiro atoms. The zero-order chi connectivity index (χ0) is 19.0. The Hall–Kier alpha value is -1.68. The standard InChI is InChI=1S/C18H25N3O5S/c1-13-14(2)19-26-18(13)16-3-4-17(25-16)27(22,23)21-9-7-20(8-10-21)15-5-11-24-12-6-15/h3-4,15H,5-12H2,1-2H3. The summed E-state index contributed by atoms with van der Waals surface area (Å²) in [6.07, 6.45) is 2.04. The van der Waals surface area contributed by atoms with Gasteiger partial charge in [-0.15, -0.1) is 0 Å². The van der Waals surface area contributed by atoms with Crippen LogP contribution in [0.3, 0.4) is 0 Å². The maximum absolute atomic E-state index is 13.0. The molecule has 0 atom stereocenters. The second-order valence-electron chi connectivity index (χ2n) is 7.12. The van der Waals surface area contributed by atoms with Gasteiger partial charge in [0.15, 0.2) is 5.76 Å². The highest BCUT2D eigenvalue weighted by Gasteiger charge is 2.33. The molecule has 4 heterocycles. The van der Waals surface area contributed by atoms with Crippen molar-refractivity contribution in [2.75, 3.05) is 39.4 Å². The van der Waals surface area contributed by atoms with Crippen LogP contribution in [0.25, 0.3) is 11.5 Å². The Morgan fingerprint density at radius 2 is 1.78 bits per heavy atom. The van der Waals surface area contributed by atoms with Crippen molar-refractivity contribution in [1.82, 2.24) is 14.4 Å². The monoisotopic (exact) mass is 395 g/mol. The molecule has 0 aliphatic carbocycles. The molecule has 0 unspecified atom stereocenters. The number of hydrogen-bond donors (Lipinski definition) is 0. The molecule has 148 valence electrons. The van der Waals surface area contributed by atoms with E-state index in [0.29, 0.717) is 30.7 Å². The zero-order valence-electron chi connectivity index (χ0n) is 15.7. The molecule has 0 radical (unpaired) electrons. The molecule has 4 rings (SSSR count). The molecule has 0 bridgehead atoms. The fourth-order valence-electron chi connectivity index (χ4n) is 3.71. The molecule has 0 amide bonds. The van der Waals surface area contributed by atoms with Crippen LogP contribution in [0.5, 0.6) is 0 Å². The minimum absolute atomic E-state index is 0.0505. The summed E-state index contributed by atoms with van der Waals surface area (Å²) in [7, 11) is -3.66. The third-order valence-corrected chi connectivity index (χ3v) is 7.31. The summed E-state index contributed by atoms with van der Waals surface area (Å²) >= 11 is 0. The van der Waals surface area contributed by atoms with E-state index < -0.39 is 10.0 Å². The molecule has 2 saturated heterocycles. The minimum atomic E-state index is -3.66. The highest BCUT2D eigenvalue weighted by atomic mass is 32.2. The summed E-state index contributed by atoms with van der Waals surface area (Å²) in [5, 5.41) is 3.85. The Balaban J connectivity index is 1.45. The lowest BCUT2D eigenvalue weighted by atomic mass is 10.1. The highest BCUT2D eigenvalue weighted by molar-refractivity contribution is 7.89. The van der Waals surface area contributed by atoms with Crippen LogP contribution in [0, 0.1) is 13.8 Å². The first kappa shape index (κ1) is 18.7. The van der Waals surface area contributed by atoms with Crippen LogP contribution >= 0.6 is 0 Å². The topological polar surface area (TPSA) is 89.0 Å². The van der Waals surface area contributed by atoms with Crippen LogP contribution in [-0.4, -0.2) is 68.2 Å². The van der Waals surface area contributed by atoms with Gasteiger partial charge in [-0.2, -0.15) is 4.31 Å². The van der Waals surface area contributed by atoms with E-state index >= 15 is 0 Å². The average molecular weight is 395 g/mol. The van der Waals surface area contributed by atoms with Gasteiger partial charge in [0.05, 0.1) is 5.69 Å². The largest absolute Gasteiger partial charge is 0.440 e. The van der Waals surface area contributed by atoms with E-state index in [1.165, 1.54) is 10.4 Å². The molecule has 2 fully saturated rings. The number of sulfonamides is 1. The van der Waals surface area contributed by atoms with Crippen molar-refractivity contribution in [3.05, 3.63) is 23.4 Å². The molecule has 8 nitrogen and oxygen atoms in total. The molecular weight excluding hydrogens is 370 g/mol. The predicted molar refractivity (Wildman–Crippen MR) is 97.9 cm³/mol. The van der Waals surface area contributed by atoms with E-state index in [0.717, 1.165) is 50.4 Å². The van der Waals surface area contributed by atoms with E-state index in [1.54, 1.807) is 6.07 Å². The maximum Gasteiger partial charge on any atom is 0.276 e. The van der Waals surface area contributed by atoms with Crippen molar-refractivity contribution in [3.63, 3.8) is 0 Å². The minimum Gasteiger partial charge on any atom is -0.440 e. The van der Waals surface area contributed by atoms with Crippen LogP contribution in [0.2, 0.25) is 0 Å². The van der Waals surface area contributed by atoms with Gasteiger partial charge in [-0.1, -0.05) is 5.16 Å². The first-order valence-corrected chi connectivity index (χ1v) is 10.8. The molecule has 2 aliphatic rings. The lowest BCUT2D eigenvalue weighted by molar-refractivity contribution is 0.0228. The zero-order valence-corrected chi connectivity index (χ0v) is 16.5. The van der Waals surface area contributed by atoms with Gasteiger partial charge in [0.2, 0.25) is 10.9 Å². The molecule has 0 saturated carbocycles.